The molecule has 1 atom stereocenters. The van der Waals surface area contributed by atoms with Crippen molar-refractivity contribution in [3.63, 3.8) is 0 Å². The highest BCUT2D eigenvalue weighted by Gasteiger charge is 2.11. The summed E-state index contributed by atoms with van der Waals surface area (Å²) < 4.78 is 0. The highest BCUT2D eigenvalue weighted by molar-refractivity contribution is 8.03. The van der Waals surface area contributed by atoms with E-state index in [0.29, 0.717) is 0 Å². The van der Waals surface area contributed by atoms with Gasteiger partial charge in [0.15, 0.2) is 0 Å². The number of pyridine rings is 1. The van der Waals surface area contributed by atoms with E-state index in [4.69, 9.17) is 0 Å². The van der Waals surface area contributed by atoms with Crippen LogP contribution in [0.3, 0.4) is 0 Å². The van der Waals surface area contributed by atoms with Gasteiger partial charge in [-0.05, 0) is 47.8 Å². The van der Waals surface area contributed by atoms with E-state index in [1.165, 1.54) is 22.7 Å². The molecule has 0 radical (unpaired) electrons. The number of rotatable bonds is 9. The first kappa shape index (κ1) is 17.0. The molecule has 0 saturated carbocycles. The molecule has 0 unspecified atom stereocenters. The zero-order valence-corrected chi connectivity index (χ0v) is 13.9. The largest absolute Gasteiger partial charge is 0.257 e. The number of thioether (sulfide) groups is 1. The summed E-state index contributed by atoms with van der Waals surface area (Å²) in [4.78, 5) is 6.01. The van der Waals surface area contributed by atoms with Gasteiger partial charge in [0.05, 0.1) is 5.69 Å². The Balaban J connectivity index is 2.85. The molecule has 0 aliphatic carbocycles. The standard InChI is InChI=1S/C18H27NS/c1-5-11-15(6-2)14-20-18(8-4)16(7-3)17-12-9-10-13-19-17/h5,9-10,12-13,15H,1,6-8,11,14H2,2-4H3/b18-16-/t15-/m1/s1. The van der Waals surface area contributed by atoms with Crippen LogP contribution in [-0.4, -0.2) is 10.7 Å². The van der Waals surface area contributed by atoms with Gasteiger partial charge in [0.1, 0.15) is 0 Å². The fourth-order valence-electron chi connectivity index (χ4n) is 2.27. The third-order valence-electron chi connectivity index (χ3n) is 3.56. The lowest BCUT2D eigenvalue weighted by atomic mass is 10.1. The molecule has 1 aromatic rings. The van der Waals surface area contributed by atoms with Gasteiger partial charge < -0.3 is 0 Å². The minimum absolute atomic E-state index is 0.737. The lowest BCUT2D eigenvalue weighted by molar-refractivity contribution is 0.583. The predicted molar refractivity (Wildman–Crippen MR) is 92.8 cm³/mol. The molecular weight excluding hydrogens is 262 g/mol. The van der Waals surface area contributed by atoms with E-state index in [9.17, 15) is 0 Å². The summed E-state index contributed by atoms with van der Waals surface area (Å²) in [5.41, 5.74) is 2.54. The monoisotopic (exact) mass is 289 g/mol. The molecule has 1 heterocycles. The summed E-state index contributed by atoms with van der Waals surface area (Å²) in [5, 5.41) is 0. The molecule has 0 spiro atoms. The summed E-state index contributed by atoms with van der Waals surface area (Å²) in [6.45, 7) is 10.6. The highest BCUT2D eigenvalue weighted by Crippen LogP contribution is 2.33. The van der Waals surface area contributed by atoms with Gasteiger partial charge in [0, 0.05) is 11.9 Å². The molecule has 0 N–H and O–H groups in total. The van der Waals surface area contributed by atoms with E-state index >= 15 is 0 Å². The molecule has 0 aromatic carbocycles. The van der Waals surface area contributed by atoms with Gasteiger partial charge in [0.25, 0.3) is 0 Å². The number of nitrogens with zero attached hydrogens (tertiary/aromatic N) is 1. The quantitative estimate of drug-likeness (QED) is 0.521. The van der Waals surface area contributed by atoms with Crippen LogP contribution in [0.4, 0.5) is 0 Å². The Labute approximate surface area is 128 Å². The Bertz CT molecular complexity index is 422. The molecule has 1 rings (SSSR count). The van der Waals surface area contributed by atoms with E-state index in [-0.39, 0.29) is 0 Å². The molecule has 0 saturated heterocycles. The molecule has 0 aliphatic heterocycles. The van der Waals surface area contributed by atoms with E-state index < -0.39 is 0 Å². The Hall–Kier alpha value is -1.02. The number of hydrogen-bond donors (Lipinski definition) is 0. The number of allylic oxidation sites excluding steroid dienone is 3. The van der Waals surface area contributed by atoms with Gasteiger partial charge in [-0.1, -0.05) is 39.3 Å². The van der Waals surface area contributed by atoms with Crippen LogP contribution in [0.2, 0.25) is 0 Å². The molecule has 0 amide bonds. The van der Waals surface area contributed by atoms with Crippen LogP contribution in [0.5, 0.6) is 0 Å². The van der Waals surface area contributed by atoms with Gasteiger partial charge in [-0.2, -0.15) is 0 Å². The van der Waals surface area contributed by atoms with Crippen LogP contribution in [0.1, 0.15) is 52.1 Å². The molecule has 0 bridgehead atoms. The Kier molecular flexibility index (Phi) is 8.36. The highest BCUT2D eigenvalue weighted by atomic mass is 32.2. The van der Waals surface area contributed by atoms with E-state index in [1.54, 1.807) is 0 Å². The van der Waals surface area contributed by atoms with Crippen molar-refractivity contribution in [1.82, 2.24) is 4.98 Å². The summed E-state index contributed by atoms with van der Waals surface area (Å²) in [6.07, 6.45) is 8.41. The summed E-state index contributed by atoms with van der Waals surface area (Å²) in [7, 11) is 0. The summed E-state index contributed by atoms with van der Waals surface area (Å²) >= 11 is 2.01. The van der Waals surface area contributed by atoms with E-state index in [0.717, 1.165) is 30.9 Å². The second-order valence-electron chi connectivity index (χ2n) is 4.93. The molecule has 1 aromatic heterocycles. The van der Waals surface area contributed by atoms with Crippen LogP contribution >= 0.6 is 11.8 Å². The molecule has 110 valence electrons. The average molecular weight is 289 g/mol. The fourth-order valence-corrected chi connectivity index (χ4v) is 3.71. The average Bonchev–Trinajstić information content (AvgIpc) is 2.50. The second kappa shape index (κ2) is 9.82. The lowest BCUT2D eigenvalue weighted by Crippen LogP contribution is -2.02. The topological polar surface area (TPSA) is 12.9 Å². The first-order valence-electron chi connectivity index (χ1n) is 7.63. The lowest BCUT2D eigenvalue weighted by Gasteiger charge is -2.16. The van der Waals surface area contributed by atoms with Gasteiger partial charge in [-0.3, -0.25) is 4.98 Å². The van der Waals surface area contributed by atoms with Crippen LogP contribution in [0.15, 0.2) is 42.0 Å². The number of aromatic nitrogens is 1. The number of hydrogen-bond acceptors (Lipinski definition) is 2. The van der Waals surface area contributed by atoms with Crippen molar-refractivity contribution in [3.05, 3.63) is 47.6 Å². The predicted octanol–water partition coefficient (Wildman–Crippen LogP) is 5.95. The Morgan fingerprint density at radius 3 is 2.60 bits per heavy atom. The third-order valence-corrected chi connectivity index (χ3v) is 5.08. The minimum Gasteiger partial charge on any atom is -0.257 e. The van der Waals surface area contributed by atoms with Crippen LogP contribution in [0, 0.1) is 5.92 Å². The van der Waals surface area contributed by atoms with Crippen LogP contribution in [0.25, 0.3) is 5.57 Å². The third kappa shape index (κ3) is 5.16. The SMILES string of the molecule is C=CC[C@@H](CC)CS/C(CC)=C(/CC)c1ccccn1. The normalized spacial score (nSPS) is 13.8. The molecular formula is C18H27NS. The van der Waals surface area contributed by atoms with Crippen molar-refractivity contribution in [2.75, 3.05) is 5.75 Å². The van der Waals surface area contributed by atoms with Gasteiger partial charge in [-0.25, -0.2) is 0 Å². The zero-order chi connectivity index (χ0) is 14.8. The van der Waals surface area contributed by atoms with Crippen LogP contribution in [-0.2, 0) is 0 Å². The molecule has 0 fully saturated rings. The maximum Gasteiger partial charge on any atom is 0.0669 e. The van der Waals surface area contributed by atoms with Gasteiger partial charge >= 0.3 is 0 Å². The smallest absolute Gasteiger partial charge is 0.0669 e. The van der Waals surface area contributed by atoms with Crippen molar-refractivity contribution in [2.45, 2.75) is 46.5 Å². The first-order chi connectivity index (χ1) is 9.76. The van der Waals surface area contributed by atoms with E-state index in [2.05, 4.69) is 44.5 Å². The maximum atomic E-state index is 4.51. The summed E-state index contributed by atoms with van der Waals surface area (Å²) in [6, 6.07) is 6.17. The van der Waals surface area contributed by atoms with Crippen LogP contribution < -0.4 is 0 Å². The Morgan fingerprint density at radius 1 is 1.30 bits per heavy atom. The van der Waals surface area contributed by atoms with Crippen molar-refractivity contribution in [1.29, 1.82) is 0 Å². The zero-order valence-electron chi connectivity index (χ0n) is 13.1. The fraction of sp³-hybridized carbons (Fsp3) is 0.500. The van der Waals surface area contributed by atoms with Gasteiger partial charge in [0.2, 0.25) is 0 Å². The second-order valence-corrected chi connectivity index (χ2v) is 6.05. The van der Waals surface area contributed by atoms with E-state index in [1.807, 2.05) is 30.1 Å². The maximum absolute atomic E-state index is 4.51. The first-order valence-corrected chi connectivity index (χ1v) is 8.62. The molecule has 0 aliphatic rings. The summed E-state index contributed by atoms with van der Waals surface area (Å²) in [5.74, 6) is 1.92. The molecule has 1 nitrogen and oxygen atoms in total. The van der Waals surface area contributed by atoms with Crippen molar-refractivity contribution < 1.29 is 0 Å². The molecule has 20 heavy (non-hydrogen) atoms. The molecule has 2 heteroatoms. The Morgan fingerprint density at radius 2 is 2.10 bits per heavy atom. The van der Waals surface area contributed by atoms with Crippen molar-refractivity contribution >= 4 is 17.3 Å². The van der Waals surface area contributed by atoms with Gasteiger partial charge in [-0.15, -0.1) is 18.3 Å². The minimum atomic E-state index is 0.737. The van der Waals surface area contributed by atoms with Crippen molar-refractivity contribution in [3.8, 4) is 0 Å². The van der Waals surface area contributed by atoms with Crippen molar-refractivity contribution in [2.24, 2.45) is 5.92 Å².